The number of pyridine rings is 1. The third kappa shape index (κ3) is 4.46. The highest BCUT2D eigenvalue weighted by molar-refractivity contribution is 6.35. The second kappa shape index (κ2) is 9.05. The number of nitrogens with zero attached hydrogens (tertiary/aromatic N) is 4. The van der Waals surface area contributed by atoms with Gasteiger partial charge in [0.05, 0.1) is 32.7 Å². The quantitative estimate of drug-likeness (QED) is 0.426. The Hall–Kier alpha value is -3.68. The number of primary amides is 1. The van der Waals surface area contributed by atoms with Crippen molar-refractivity contribution in [2.24, 2.45) is 12.8 Å². The molecule has 2 aromatic heterocycles. The van der Waals surface area contributed by atoms with Crippen LogP contribution in [0.25, 0.3) is 11.3 Å². The third-order valence-electron chi connectivity index (χ3n) is 5.04. The number of nitrogens with two attached hydrogens (primary N) is 1. The second-order valence-corrected chi connectivity index (χ2v) is 8.16. The highest BCUT2D eigenvalue weighted by atomic mass is 35.5. The minimum absolute atomic E-state index is 0.110. The standard InChI is InChI=1S/C24H19Cl2N5O2/c1-14-11-22(30(2)29-14)31(24(33)17-8-6-15(23(27)32)12-20(17)26)16-7-9-19(25)18(13-16)21-5-3-4-10-28-21/h3-13H,1-2H3,(H2,27,32). The van der Waals surface area contributed by atoms with E-state index >= 15 is 0 Å². The van der Waals surface area contributed by atoms with Gasteiger partial charge in [0.2, 0.25) is 5.91 Å². The summed E-state index contributed by atoms with van der Waals surface area (Å²) in [7, 11) is 1.75. The van der Waals surface area contributed by atoms with E-state index in [1.807, 2.05) is 25.1 Å². The third-order valence-corrected chi connectivity index (χ3v) is 5.68. The Balaban J connectivity index is 1.88. The van der Waals surface area contributed by atoms with Gasteiger partial charge in [-0.2, -0.15) is 5.10 Å². The van der Waals surface area contributed by atoms with Crippen LogP contribution in [0.4, 0.5) is 11.5 Å². The minimum Gasteiger partial charge on any atom is -0.366 e. The molecule has 9 heteroatoms. The van der Waals surface area contributed by atoms with Crippen molar-refractivity contribution in [2.45, 2.75) is 6.92 Å². The average molecular weight is 480 g/mol. The zero-order valence-electron chi connectivity index (χ0n) is 17.8. The first-order valence-electron chi connectivity index (χ1n) is 9.91. The number of carbonyl (C=O) groups excluding carboxylic acids is 2. The highest BCUT2D eigenvalue weighted by Gasteiger charge is 2.26. The van der Waals surface area contributed by atoms with E-state index in [1.165, 1.54) is 23.1 Å². The number of halogens is 2. The fourth-order valence-corrected chi connectivity index (χ4v) is 3.97. The lowest BCUT2D eigenvalue weighted by Crippen LogP contribution is -2.28. The van der Waals surface area contributed by atoms with Gasteiger partial charge in [-0.15, -0.1) is 0 Å². The highest BCUT2D eigenvalue weighted by Crippen LogP contribution is 2.35. The number of benzene rings is 2. The molecule has 0 spiro atoms. The van der Waals surface area contributed by atoms with E-state index in [4.69, 9.17) is 28.9 Å². The topological polar surface area (TPSA) is 94.1 Å². The SMILES string of the molecule is Cc1cc(N(C(=O)c2ccc(C(N)=O)cc2Cl)c2ccc(Cl)c(-c3ccccn3)c2)n(C)n1. The summed E-state index contributed by atoms with van der Waals surface area (Å²) in [6.45, 7) is 1.84. The van der Waals surface area contributed by atoms with Crippen molar-refractivity contribution >= 4 is 46.5 Å². The number of amides is 2. The van der Waals surface area contributed by atoms with Crippen LogP contribution in [0.15, 0.2) is 66.9 Å². The van der Waals surface area contributed by atoms with E-state index in [1.54, 1.807) is 42.2 Å². The summed E-state index contributed by atoms with van der Waals surface area (Å²) in [5, 5.41) is 4.99. The molecule has 2 heterocycles. The Morgan fingerprint density at radius 2 is 1.79 bits per heavy atom. The molecule has 0 fully saturated rings. The van der Waals surface area contributed by atoms with Gasteiger partial charge in [0.1, 0.15) is 5.82 Å². The van der Waals surface area contributed by atoms with Crippen LogP contribution in [-0.4, -0.2) is 26.6 Å². The van der Waals surface area contributed by atoms with Gasteiger partial charge in [0.15, 0.2) is 0 Å². The Morgan fingerprint density at radius 1 is 1.00 bits per heavy atom. The normalized spacial score (nSPS) is 10.8. The molecule has 0 bridgehead atoms. The average Bonchev–Trinajstić information content (AvgIpc) is 3.12. The van der Waals surface area contributed by atoms with Crippen molar-refractivity contribution in [1.29, 1.82) is 0 Å². The minimum atomic E-state index is -0.632. The summed E-state index contributed by atoms with van der Waals surface area (Å²) in [5.41, 5.74) is 8.37. The van der Waals surface area contributed by atoms with Crippen molar-refractivity contribution in [3.05, 3.63) is 93.7 Å². The van der Waals surface area contributed by atoms with E-state index in [-0.39, 0.29) is 16.1 Å². The maximum Gasteiger partial charge on any atom is 0.265 e. The van der Waals surface area contributed by atoms with Crippen LogP contribution < -0.4 is 10.6 Å². The maximum atomic E-state index is 13.8. The van der Waals surface area contributed by atoms with E-state index in [0.29, 0.717) is 27.8 Å². The number of anilines is 2. The van der Waals surface area contributed by atoms with Crippen molar-refractivity contribution in [3.8, 4) is 11.3 Å². The predicted octanol–water partition coefficient (Wildman–Crippen LogP) is 5.17. The molecule has 0 radical (unpaired) electrons. The molecule has 4 aromatic rings. The van der Waals surface area contributed by atoms with E-state index < -0.39 is 11.8 Å². The summed E-state index contributed by atoms with van der Waals surface area (Å²) < 4.78 is 1.61. The Kier molecular flexibility index (Phi) is 6.18. The molecule has 0 aliphatic rings. The molecule has 0 aliphatic carbocycles. The Bertz CT molecular complexity index is 1370. The number of aryl methyl sites for hydroxylation is 2. The maximum absolute atomic E-state index is 13.8. The van der Waals surface area contributed by atoms with Gasteiger partial charge in [-0.05, 0) is 55.5 Å². The van der Waals surface area contributed by atoms with E-state index in [9.17, 15) is 9.59 Å². The predicted molar refractivity (Wildman–Crippen MR) is 129 cm³/mol. The van der Waals surface area contributed by atoms with Gasteiger partial charge in [-0.1, -0.05) is 29.3 Å². The summed E-state index contributed by atoms with van der Waals surface area (Å²) in [6.07, 6.45) is 1.67. The van der Waals surface area contributed by atoms with Gasteiger partial charge in [-0.3, -0.25) is 24.2 Å². The fraction of sp³-hybridized carbons (Fsp3) is 0.0833. The molecule has 2 amide bonds. The molecule has 33 heavy (non-hydrogen) atoms. The molecule has 7 nitrogen and oxygen atoms in total. The van der Waals surface area contributed by atoms with Crippen molar-refractivity contribution < 1.29 is 9.59 Å². The molecule has 4 rings (SSSR count). The van der Waals surface area contributed by atoms with E-state index in [0.717, 1.165) is 5.69 Å². The summed E-state index contributed by atoms with van der Waals surface area (Å²) in [6, 6.07) is 16.9. The number of aromatic nitrogens is 3. The second-order valence-electron chi connectivity index (χ2n) is 7.35. The molecule has 0 unspecified atom stereocenters. The molecular formula is C24H19Cl2N5O2. The Morgan fingerprint density at radius 3 is 2.39 bits per heavy atom. The Labute approximate surface area is 200 Å². The van der Waals surface area contributed by atoms with Gasteiger partial charge in [0, 0.05) is 30.4 Å². The number of hydrogen-bond donors (Lipinski definition) is 1. The van der Waals surface area contributed by atoms with Crippen molar-refractivity contribution in [1.82, 2.24) is 14.8 Å². The van der Waals surface area contributed by atoms with Gasteiger partial charge in [0.25, 0.3) is 5.91 Å². The van der Waals surface area contributed by atoms with Crippen LogP contribution in [0.2, 0.25) is 10.0 Å². The molecule has 0 saturated heterocycles. The molecule has 166 valence electrons. The lowest BCUT2D eigenvalue weighted by molar-refractivity contribution is 0.0987. The molecule has 2 aromatic carbocycles. The zero-order valence-corrected chi connectivity index (χ0v) is 19.3. The van der Waals surface area contributed by atoms with Crippen LogP contribution in [-0.2, 0) is 7.05 Å². The zero-order chi connectivity index (χ0) is 23.7. The van der Waals surface area contributed by atoms with Gasteiger partial charge < -0.3 is 5.73 Å². The van der Waals surface area contributed by atoms with Crippen LogP contribution in [0.5, 0.6) is 0 Å². The molecule has 0 atom stereocenters. The molecular weight excluding hydrogens is 461 g/mol. The fourth-order valence-electron chi connectivity index (χ4n) is 3.49. The smallest absolute Gasteiger partial charge is 0.265 e. The summed E-state index contributed by atoms with van der Waals surface area (Å²) in [5.74, 6) is -0.511. The molecule has 0 aliphatic heterocycles. The number of hydrogen-bond acceptors (Lipinski definition) is 4. The number of carbonyl (C=O) groups is 2. The van der Waals surface area contributed by atoms with Gasteiger partial charge in [-0.25, -0.2) is 0 Å². The largest absolute Gasteiger partial charge is 0.366 e. The van der Waals surface area contributed by atoms with Crippen LogP contribution >= 0.6 is 23.2 Å². The first kappa shape index (κ1) is 22.5. The number of rotatable bonds is 5. The molecule has 0 saturated carbocycles. The van der Waals surface area contributed by atoms with E-state index in [2.05, 4.69) is 10.1 Å². The monoisotopic (exact) mass is 479 g/mol. The molecule has 2 N–H and O–H groups in total. The van der Waals surface area contributed by atoms with Crippen LogP contribution in [0, 0.1) is 6.92 Å². The van der Waals surface area contributed by atoms with Crippen molar-refractivity contribution in [2.75, 3.05) is 4.90 Å². The first-order chi connectivity index (χ1) is 15.8. The van der Waals surface area contributed by atoms with Gasteiger partial charge >= 0.3 is 0 Å². The lowest BCUT2D eigenvalue weighted by atomic mass is 10.1. The van der Waals surface area contributed by atoms with Crippen molar-refractivity contribution in [3.63, 3.8) is 0 Å². The lowest BCUT2D eigenvalue weighted by Gasteiger charge is -2.24. The first-order valence-corrected chi connectivity index (χ1v) is 10.7. The van der Waals surface area contributed by atoms with Crippen LogP contribution in [0.3, 0.4) is 0 Å². The van der Waals surface area contributed by atoms with Crippen LogP contribution in [0.1, 0.15) is 26.4 Å². The summed E-state index contributed by atoms with van der Waals surface area (Å²) in [4.78, 5) is 31.2. The summed E-state index contributed by atoms with van der Waals surface area (Å²) >= 11 is 12.8.